The fourth-order valence-electron chi connectivity index (χ4n) is 4.52. The number of pyridine rings is 1. The second-order valence-electron chi connectivity index (χ2n) is 8.26. The van der Waals surface area contributed by atoms with Crippen molar-refractivity contribution < 1.29 is 9.59 Å². The number of nitrogens with zero attached hydrogens (tertiary/aromatic N) is 3. The summed E-state index contributed by atoms with van der Waals surface area (Å²) in [7, 11) is 0. The van der Waals surface area contributed by atoms with Crippen LogP contribution in [-0.2, 0) is 22.4 Å². The van der Waals surface area contributed by atoms with Crippen LogP contribution in [0.1, 0.15) is 41.1 Å². The molecule has 0 N–H and O–H groups in total. The molecule has 0 bridgehead atoms. The second-order valence-corrected chi connectivity index (χ2v) is 9.89. The molecule has 1 saturated heterocycles. The molecular formula is C26H20ClN3O2S. The summed E-state index contributed by atoms with van der Waals surface area (Å²) in [6.07, 6.45) is 2.73. The maximum absolute atomic E-state index is 13.0. The highest BCUT2D eigenvalue weighted by Gasteiger charge is 2.41. The first kappa shape index (κ1) is 21.7. The number of carbonyl (C=O) groups is 2. The first-order valence-electron chi connectivity index (χ1n) is 10.8. The molecule has 2 heterocycles. The van der Waals surface area contributed by atoms with E-state index >= 15 is 0 Å². The summed E-state index contributed by atoms with van der Waals surface area (Å²) in [4.78, 5) is 31.6. The number of hydrogen-bond donors (Lipinski definition) is 0. The number of halogens is 1. The molecule has 0 saturated carbocycles. The van der Waals surface area contributed by atoms with Crippen LogP contribution in [-0.4, -0.2) is 22.0 Å². The Morgan fingerprint density at radius 1 is 1.06 bits per heavy atom. The van der Waals surface area contributed by atoms with Crippen molar-refractivity contribution in [2.75, 3.05) is 4.90 Å². The van der Waals surface area contributed by atoms with E-state index in [2.05, 4.69) is 30.3 Å². The zero-order chi connectivity index (χ0) is 22.9. The van der Waals surface area contributed by atoms with E-state index in [1.165, 1.54) is 22.2 Å². The van der Waals surface area contributed by atoms with Crippen LogP contribution in [0.25, 0.3) is 0 Å². The van der Waals surface area contributed by atoms with Gasteiger partial charge in [0.05, 0.1) is 16.5 Å². The van der Waals surface area contributed by atoms with Gasteiger partial charge in [-0.1, -0.05) is 53.7 Å². The molecule has 0 spiro atoms. The first-order valence-corrected chi connectivity index (χ1v) is 12.1. The summed E-state index contributed by atoms with van der Waals surface area (Å²) < 4.78 is 0. The molecule has 2 aromatic carbocycles. The maximum atomic E-state index is 13.0. The lowest BCUT2D eigenvalue weighted by atomic mass is 9.82. The minimum atomic E-state index is -0.605. The van der Waals surface area contributed by atoms with Gasteiger partial charge in [0.1, 0.15) is 11.1 Å². The van der Waals surface area contributed by atoms with Gasteiger partial charge < -0.3 is 0 Å². The minimum absolute atomic E-state index is 0.0752. The van der Waals surface area contributed by atoms with E-state index in [1.807, 2.05) is 12.1 Å². The number of aromatic nitrogens is 1. The lowest BCUT2D eigenvalue weighted by molar-refractivity contribution is -0.121. The highest BCUT2D eigenvalue weighted by Crippen LogP contribution is 2.38. The minimum Gasteiger partial charge on any atom is -0.274 e. The Labute approximate surface area is 201 Å². The summed E-state index contributed by atoms with van der Waals surface area (Å²) in [5, 5.41) is 10.2. The monoisotopic (exact) mass is 473 g/mol. The Kier molecular flexibility index (Phi) is 5.92. The number of imide groups is 1. The lowest BCUT2D eigenvalue weighted by Crippen LogP contribution is -2.31. The van der Waals surface area contributed by atoms with Crippen LogP contribution >= 0.6 is 23.4 Å². The highest BCUT2D eigenvalue weighted by molar-refractivity contribution is 8.00. The summed E-state index contributed by atoms with van der Waals surface area (Å²) in [5.41, 5.74) is 4.33. The van der Waals surface area contributed by atoms with Crippen molar-refractivity contribution in [2.24, 2.45) is 0 Å². The van der Waals surface area contributed by atoms with Gasteiger partial charge in [0.25, 0.3) is 0 Å². The first-order chi connectivity index (χ1) is 16.0. The van der Waals surface area contributed by atoms with Gasteiger partial charge in [-0.3, -0.25) is 9.59 Å². The molecule has 0 radical (unpaired) electrons. The van der Waals surface area contributed by atoms with Crippen LogP contribution in [0, 0.1) is 11.3 Å². The van der Waals surface area contributed by atoms with Crippen molar-refractivity contribution in [1.29, 1.82) is 5.26 Å². The van der Waals surface area contributed by atoms with Crippen molar-refractivity contribution in [2.45, 2.75) is 41.9 Å². The molecule has 2 amide bonds. The number of rotatable bonds is 4. The Morgan fingerprint density at radius 3 is 2.55 bits per heavy atom. The normalized spacial score (nSPS) is 19.9. The Hall–Kier alpha value is -3.14. The standard InChI is InChI=1S/C26H20ClN3O2S/c27-20-7-9-21(10-8-20)30-24(31)14-23(26(30)32)33-25-19(15-28)13-18-12-17(6-11-22(18)29-25)16-4-2-1-3-5-16/h1-5,7-10,13,17,23H,6,11-12,14H2. The molecular weight excluding hydrogens is 454 g/mol. The highest BCUT2D eigenvalue weighted by atomic mass is 35.5. The van der Waals surface area contributed by atoms with Gasteiger partial charge in [-0.15, -0.1) is 0 Å². The molecule has 7 heteroatoms. The number of hydrogen-bond acceptors (Lipinski definition) is 5. The number of thioether (sulfide) groups is 1. The van der Waals surface area contributed by atoms with Crippen molar-refractivity contribution in [3.63, 3.8) is 0 Å². The number of aryl methyl sites for hydroxylation is 1. The summed E-state index contributed by atoms with van der Waals surface area (Å²) >= 11 is 7.15. The average molecular weight is 474 g/mol. The van der Waals surface area contributed by atoms with Gasteiger partial charge >= 0.3 is 0 Å². The average Bonchev–Trinajstić information content (AvgIpc) is 3.12. The lowest BCUT2D eigenvalue weighted by Gasteiger charge is -2.25. The van der Waals surface area contributed by atoms with E-state index in [-0.39, 0.29) is 18.2 Å². The molecule has 1 fully saturated rings. The molecule has 2 aliphatic rings. The predicted octanol–water partition coefficient (Wildman–Crippen LogP) is 5.30. The molecule has 3 aromatic rings. The van der Waals surface area contributed by atoms with Crippen LogP contribution in [0.15, 0.2) is 65.7 Å². The van der Waals surface area contributed by atoms with E-state index < -0.39 is 5.25 Å². The van der Waals surface area contributed by atoms with Crippen molar-refractivity contribution in [1.82, 2.24) is 4.98 Å². The van der Waals surface area contributed by atoms with Gasteiger partial charge in [-0.05, 0) is 66.6 Å². The SMILES string of the molecule is N#Cc1cc2c(nc1SC1CC(=O)N(c3ccc(Cl)cc3)C1=O)CCC(c1ccccc1)C2. The van der Waals surface area contributed by atoms with Crippen molar-refractivity contribution >= 4 is 40.9 Å². The number of nitriles is 1. The summed E-state index contributed by atoms with van der Waals surface area (Å²) in [6, 6.07) is 21.2. The Morgan fingerprint density at radius 2 is 1.82 bits per heavy atom. The second kappa shape index (κ2) is 9.01. The molecule has 164 valence electrons. The molecule has 1 aliphatic carbocycles. The number of fused-ring (bicyclic) bond motifs is 1. The third-order valence-electron chi connectivity index (χ3n) is 6.19. The number of carbonyl (C=O) groups excluding carboxylic acids is 2. The van der Waals surface area contributed by atoms with E-state index in [0.29, 0.717) is 27.2 Å². The zero-order valence-electron chi connectivity index (χ0n) is 17.7. The van der Waals surface area contributed by atoms with Crippen molar-refractivity contribution in [3.8, 4) is 6.07 Å². The summed E-state index contributed by atoms with van der Waals surface area (Å²) in [6.45, 7) is 0. The predicted molar refractivity (Wildman–Crippen MR) is 128 cm³/mol. The molecule has 1 aromatic heterocycles. The largest absolute Gasteiger partial charge is 0.274 e. The van der Waals surface area contributed by atoms with Crippen LogP contribution in [0.4, 0.5) is 5.69 Å². The van der Waals surface area contributed by atoms with Gasteiger partial charge in [0.15, 0.2) is 0 Å². The molecule has 2 atom stereocenters. The third kappa shape index (κ3) is 4.27. The fraction of sp³-hybridized carbons (Fsp3) is 0.231. The molecule has 5 nitrogen and oxygen atoms in total. The Bertz CT molecular complexity index is 1270. The van der Waals surface area contributed by atoms with Crippen LogP contribution in [0.3, 0.4) is 0 Å². The van der Waals surface area contributed by atoms with E-state index in [4.69, 9.17) is 16.6 Å². The van der Waals surface area contributed by atoms with Crippen molar-refractivity contribution in [3.05, 3.63) is 88.1 Å². The van der Waals surface area contributed by atoms with E-state index in [0.717, 1.165) is 30.5 Å². The number of anilines is 1. The zero-order valence-corrected chi connectivity index (χ0v) is 19.3. The van der Waals surface area contributed by atoms with E-state index in [9.17, 15) is 14.9 Å². The number of benzene rings is 2. The maximum Gasteiger partial charge on any atom is 0.247 e. The number of amides is 2. The molecule has 2 unspecified atom stereocenters. The fourth-order valence-corrected chi connectivity index (χ4v) is 5.74. The van der Waals surface area contributed by atoms with Gasteiger partial charge in [-0.25, -0.2) is 9.88 Å². The van der Waals surface area contributed by atoms with Crippen LogP contribution in [0.5, 0.6) is 0 Å². The Balaban J connectivity index is 1.37. The van der Waals surface area contributed by atoms with Gasteiger partial charge in [0.2, 0.25) is 11.8 Å². The summed E-state index contributed by atoms with van der Waals surface area (Å²) in [5.74, 6) is -0.144. The van der Waals surface area contributed by atoms with Crippen LogP contribution < -0.4 is 4.90 Å². The van der Waals surface area contributed by atoms with E-state index in [1.54, 1.807) is 24.3 Å². The molecule has 5 rings (SSSR count). The molecule has 1 aliphatic heterocycles. The third-order valence-corrected chi connectivity index (χ3v) is 7.63. The topological polar surface area (TPSA) is 74.1 Å². The van der Waals surface area contributed by atoms with Crippen LogP contribution in [0.2, 0.25) is 5.02 Å². The van der Waals surface area contributed by atoms with Gasteiger partial charge in [-0.2, -0.15) is 5.26 Å². The quantitative estimate of drug-likeness (QED) is 0.480. The molecule has 33 heavy (non-hydrogen) atoms. The van der Waals surface area contributed by atoms with Gasteiger partial charge in [0, 0.05) is 17.1 Å². The smallest absolute Gasteiger partial charge is 0.247 e.